The van der Waals surface area contributed by atoms with Crippen molar-refractivity contribution in [1.82, 2.24) is 0 Å². The third-order valence-corrected chi connectivity index (χ3v) is 7.64. The predicted molar refractivity (Wildman–Crippen MR) is 229 cm³/mol. The summed E-state index contributed by atoms with van der Waals surface area (Å²) in [5.41, 5.74) is 5.75. The van der Waals surface area contributed by atoms with Crippen LogP contribution in [0.25, 0.3) is 43.1 Å². The van der Waals surface area contributed by atoms with Gasteiger partial charge in [0.25, 0.3) is 0 Å². The molecule has 0 spiro atoms. The molecule has 0 saturated carbocycles. The van der Waals surface area contributed by atoms with E-state index >= 15 is 0 Å². The zero-order valence-electron chi connectivity index (χ0n) is 36.5. The van der Waals surface area contributed by atoms with Crippen LogP contribution in [0.15, 0.2) is 97.1 Å². The van der Waals surface area contributed by atoms with E-state index in [0.717, 1.165) is 0 Å². The molecule has 6 aromatic carbocycles. The monoisotopic (exact) mass is 888 g/mol. The standard InChI is InChI=1S/2C18H18.6C2H6.6Ar/c2*1-12(2)18-16-10-6-4-8-14(16)13(3)15-9-5-7-11-17(15)18;6*1-2;;;;;;/h2*4-12H,1-3H3;6*1-2H3;;;;;;. The van der Waals surface area contributed by atoms with Crippen molar-refractivity contribution in [2.75, 3.05) is 0 Å². The Kier molecular flexibility index (Phi) is 64.7. The van der Waals surface area contributed by atoms with Gasteiger partial charge in [-0.1, -0.05) is 208 Å². The van der Waals surface area contributed by atoms with Gasteiger partial charge >= 0.3 is 0 Å². The van der Waals surface area contributed by atoms with Gasteiger partial charge in [-0.05, 0) is 91.0 Å². The van der Waals surface area contributed by atoms with Gasteiger partial charge in [-0.2, -0.15) is 0 Å². The van der Waals surface area contributed by atoms with Crippen molar-refractivity contribution >= 4 is 43.1 Å². The molecule has 0 atom stereocenters. The maximum Gasteiger partial charge on any atom is 0 e. The Hall–Kier alpha value is 3.92. The molecule has 0 heterocycles. The van der Waals surface area contributed by atoms with Crippen LogP contribution in [-0.2, 0) is 0 Å². The van der Waals surface area contributed by atoms with E-state index < -0.39 is 0 Å². The molecule has 312 valence electrons. The summed E-state index contributed by atoms with van der Waals surface area (Å²) in [6.07, 6.45) is 0. The van der Waals surface area contributed by atoms with E-state index in [1.165, 1.54) is 65.3 Å². The van der Waals surface area contributed by atoms with Crippen LogP contribution >= 0.6 is 0 Å². The number of rotatable bonds is 2. The van der Waals surface area contributed by atoms with E-state index in [0.29, 0.717) is 11.8 Å². The van der Waals surface area contributed by atoms with E-state index in [9.17, 15) is 0 Å². The molecule has 0 aliphatic carbocycles. The molecule has 6 aromatic rings. The van der Waals surface area contributed by atoms with Gasteiger partial charge in [-0.15, -0.1) is 0 Å². The Bertz CT molecular complexity index is 1480. The van der Waals surface area contributed by atoms with E-state index in [-0.39, 0.29) is 226 Å². The molecule has 0 nitrogen and oxygen atoms in total. The predicted octanol–water partition coefficient (Wildman–Crippen LogP) is 17.0. The SMILES string of the molecule is CC.CC.CC.CC.CC.CC.Cc1c2ccccc2c(C(C)C)c2ccccc12.Cc1c2ccccc2c(C(C)C)c2ccccc12.[Ar].[Ar].[Ar].[Ar].[Ar].[Ar]. The van der Waals surface area contributed by atoms with Gasteiger partial charge in [0.2, 0.25) is 0 Å². The molecule has 6 heteroatoms. The molecule has 0 fully saturated rings. The molecule has 6 rings (SSSR count). The van der Waals surface area contributed by atoms with Crippen LogP contribution in [0, 0.1) is 240 Å². The molecule has 0 bridgehead atoms. The van der Waals surface area contributed by atoms with Crippen LogP contribution < -0.4 is 0 Å². The second-order valence-corrected chi connectivity index (χ2v) is 10.6. The van der Waals surface area contributed by atoms with Crippen LogP contribution in [0.2, 0.25) is 0 Å². The third kappa shape index (κ3) is 21.8. The summed E-state index contributed by atoms with van der Waals surface area (Å²) in [5.74, 6) is 1.08. The van der Waals surface area contributed by atoms with Crippen LogP contribution in [0.1, 0.15) is 145 Å². The molecule has 0 amide bonds. The van der Waals surface area contributed by atoms with Gasteiger partial charge in [0.1, 0.15) is 0 Å². The Labute approximate surface area is 514 Å². The molecular weight excluding hydrogens is 816 g/mol. The van der Waals surface area contributed by atoms with Crippen LogP contribution in [0.5, 0.6) is 0 Å². The van der Waals surface area contributed by atoms with Crippen molar-refractivity contribution in [3.63, 3.8) is 0 Å². The van der Waals surface area contributed by atoms with Gasteiger partial charge in [0.05, 0.1) is 0 Å². The average Bonchev–Trinajstić information content (AvgIpc) is 3.17. The summed E-state index contributed by atoms with van der Waals surface area (Å²) in [6, 6.07) is 35.1. The van der Waals surface area contributed by atoms with Crippen molar-refractivity contribution in [2.24, 2.45) is 0 Å². The molecule has 0 aromatic heterocycles. The second kappa shape index (κ2) is 46.4. The van der Waals surface area contributed by atoms with E-state index in [1.807, 2.05) is 83.1 Å². The third-order valence-electron chi connectivity index (χ3n) is 7.64. The average molecular weight is 889 g/mol. The first-order valence-corrected chi connectivity index (χ1v) is 19.2. The zero-order chi connectivity index (χ0) is 37.4. The minimum Gasteiger partial charge on any atom is -0.0683 e. The number of benzene rings is 6. The van der Waals surface area contributed by atoms with Crippen molar-refractivity contribution in [2.45, 2.75) is 136 Å². The summed E-state index contributed by atoms with van der Waals surface area (Å²) in [5, 5.41) is 11.2. The summed E-state index contributed by atoms with van der Waals surface area (Å²) in [4.78, 5) is 0. The number of aryl methyl sites for hydroxylation is 2. The fraction of sp³-hybridized carbons (Fsp3) is 0.417. The number of fused-ring (bicyclic) bond motifs is 4. The Morgan fingerprint density at radius 2 is 0.389 bits per heavy atom. The Morgan fingerprint density at radius 3 is 0.519 bits per heavy atom. The first-order chi connectivity index (χ1) is 23.4. The quantitative estimate of drug-likeness (QED) is 0.152. The van der Waals surface area contributed by atoms with Crippen molar-refractivity contribution in [1.29, 1.82) is 0 Å². The molecule has 0 saturated heterocycles. The van der Waals surface area contributed by atoms with E-state index in [4.69, 9.17) is 0 Å². The van der Waals surface area contributed by atoms with Gasteiger partial charge in [-0.25, -0.2) is 0 Å². The molecule has 0 aliphatic heterocycles. The molecular formula is C48H72Ar6. The number of hydrogen-bond acceptors (Lipinski definition) is 0. The second-order valence-electron chi connectivity index (χ2n) is 10.6. The topological polar surface area (TPSA) is 0 Å². The normalized spacial score (nSPS) is 8.37. The molecule has 54 heavy (non-hydrogen) atoms. The summed E-state index contributed by atoms with van der Waals surface area (Å²) >= 11 is 0. The zero-order valence-corrected chi connectivity index (χ0v) is 40.8. The van der Waals surface area contributed by atoms with E-state index in [2.05, 4.69) is 139 Å². The largest absolute Gasteiger partial charge is 0.0683 e. The van der Waals surface area contributed by atoms with E-state index in [1.54, 1.807) is 0 Å². The minimum atomic E-state index is 0. The van der Waals surface area contributed by atoms with Crippen molar-refractivity contribution in [3.05, 3.63) is 119 Å². The van der Waals surface area contributed by atoms with Gasteiger partial charge in [0.15, 0.2) is 0 Å². The van der Waals surface area contributed by atoms with Crippen molar-refractivity contribution < 1.29 is 226 Å². The van der Waals surface area contributed by atoms with Gasteiger partial charge in [0, 0.05) is 226 Å². The fourth-order valence-corrected chi connectivity index (χ4v) is 6.00. The summed E-state index contributed by atoms with van der Waals surface area (Å²) in [6.45, 7) is 37.6. The number of hydrogen-bond donors (Lipinski definition) is 0. The van der Waals surface area contributed by atoms with Gasteiger partial charge in [-0.3, -0.25) is 0 Å². The van der Waals surface area contributed by atoms with Gasteiger partial charge < -0.3 is 0 Å². The fourth-order valence-electron chi connectivity index (χ4n) is 6.00. The minimum absolute atomic E-state index is 0. The maximum absolute atomic E-state index is 2.28. The van der Waals surface area contributed by atoms with Crippen molar-refractivity contribution in [3.8, 4) is 0 Å². The first kappa shape index (κ1) is 75.3. The first-order valence-electron chi connectivity index (χ1n) is 19.2. The Morgan fingerprint density at radius 1 is 0.259 bits per heavy atom. The smallest absolute Gasteiger partial charge is 0 e. The van der Waals surface area contributed by atoms with Crippen LogP contribution in [0.3, 0.4) is 0 Å². The molecule has 0 N–H and O–H groups in total. The summed E-state index contributed by atoms with van der Waals surface area (Å²) in [7, 11) is 0. The Balaban J connectivity index is -0.0000000940. The van der Waals surface area contributed by atoms with Crippen LogP contribution in [0.4, 0.5) is 0 Å². The molecule has 0 unspecified atom stereocenters. The molecule has 0 radical (unpaired) electrons. The molecule has 0 aliphatic rings. The maximum atomic E-state index is 2.28. The summed E-state index contributed by atoms with van der Waals surface area (Å²) < 4.78 is 0. The van der Waals surface area contributed by atoms with Crippen LogP contribution in [-0.4, -0.2) is 0 Å².